The molecular formula is C21H24FN3O3. The summed E-state index contributed by atoms with van der Waals surface area (Å²) < 4.78 is 19.3. The van der Waals surface area contributed by atoms with Crippen LogP contribution in [0.5, 0.6) is 5.75 Å². The van der Waals surface area contributed by atoms with Crippen LogP contribution in [0.1, 0.15) is 36.7 Å². The number of hydrogen-bond donors (Lipinski definition) is 2. The molecule has 0 bridgehead atoms. The standard InChI is InChI=1S/C21H24FN3O3/c1-4-28-18-12-8-5-9-15(18)13-23-25-21(27)19(14(2)3)24-20(26)16-10-6-7-11-17(16)22/h5-14,19H,4H2,1-3H3,(H,24,26)(H,25,27). The summed E-state index contributed by atoms with van der Waals surface area (Å²) in [6.07, 6.45) is 1.47. The number of carbonyl (C=O) groups is 2. The number of benzene rings is 2. The zero-order chi connectivity index (χ0) is 20.5. The van der Waals surface area contributed by atoms with Gasteiger partial charge in [-0.1, -0.05) is 38.1 Å². The third-order valence-corrected chi connectivity index (χ3v) is 3.95. The highest BCUT2D eigenvalue weighted by atomic mass is 19.1. The number of nitrogens with one attached hydrogen (secondary N) is 2. The van der Waals surface area contributed by atoms with Crippen LogP contribution < -0.4 is 15.5 Å². The first kappa shape index (κ1) is 21.1. The Labute approximate surface area is 163 Å². The topological polar surface area (TPSA) is 79.8 Å². The molecule has 2 rings (SSSR count). The summed E-state index contributed by atoms with van der Waals surface area (Å²) in [5, 5.41) is 6.52. The van der Waals surface area contributed by atoms with Crippen molar-refractivity contribution >= 4 is 18.0 Å². The lowest BCUT2D eigenvalue weighted by atomic mass is 10.0. The summed E-state index contributed by atoms with van der Waals surface area (Å²) in [4.78, 5) is 24.8. The van der Waals surface area contributed by atoms with Crippen LogP contribution in [0.4, 0.5) is 4.39 Å². The molecule has 0 saturated carbocycles. The summed E-state index contributed by atoms with van der Waals surface area (Å²) in [6, 6.07) is 12.0. The van der Waals surface area contributed by atoms with Crippen molar-refractivity contribution in [3.05, 3.63) is 65.5 Å². The fraction of sp³-hybridized carbons (Fsp3) is 0.286. The molecule has 2 aromatic carbocycles. The quantitative estimate of drug-likeness (QED) is 0.541. The van der Waals surface area contributed by atoms with Gasteiger partial charge >= 0.3 is 0 Å². The lowest BCUT2D eigenvalue weighted by Gasteiger charge is -2.20. The molecule has 0 aliphatic heterocycles. The zero-order valence-electron chi connectivity index (χ0n) is 16.1. The molecule has 0 fully saturated rings. The van der Waals surface area contributed by atoms with E-state index in [4.69, 9.17) is 4.74 Å². The van der Waals surface area contributed by atoms with Crippen LogP contribution >= 0.6 is 0 Å². The first-order valence-corrected chi connectivity index (χ1v) is 9.04. The molecule has 0 spiro atoms. The van der Waals surface area contributed by atoms with Crippen molar-refractivity contribution in [2.75, 3.05) is 6.61 Å². The Hall–Kier alpha value is -3.22. The van der Waals surface area contributed by atoms with Gasteiger partial charge in [-0.05, 0) is 37.1 Å². The molecule has 0 heterocycles. The van der Waals surface area contributed by atoms with Gasteiger partial charge in [0.15, 0.2) is 0 Å². The number of amides is 2. The van der Waals surface area contributed by atoms with E-state index in [1.807, 2.05) is 19.1 Å². The Bertz CT molecular complexity index is 852. The predicted molar refractivity (Wildman–Crippen MR) is 106 cm³/mol. The maximum Gasteiger partial charge on any atom is 0.262 e. The fourth-order valence-electron chi connectivity index (χ4n) is 2.51. The number of halogens is 1. The van der Waals surface area contributed by atoms with E-state index in [2.05, 4.69) is 15.8 Å². The Morgan fingerprint density at radius 3 is 2.50 bits per heavy atom. The van der Waals surface area contributed by atoms with E-state index in [1.54, 1.807) is 32.0 Å². The lowest BCUT2D eigenvalue weighted by Crippen LogP contribution is -2.48. The molecule has 7 heteroatoms. The van der Waals surface area contributed by atoms with Gasteiger partial charge in [-0.25, -0.2) is 9.82 Å². The van der Waals surface area contributed by atoms with Crippen LogP contribution in [0.25, 0.3) is 0 Å². The van der Waals surface area contributed by atoms with Crippen LogP contribution in [-0.2, 0) is 4.79 Å². The van der Waals surface area contributed by atoms with Crippen molar-refractivity contribution in [3.8, 4) is 5.75 Å². The molecule has 28 heavy (non-hydrogen) atoms. The summed E-state index contributed by atoms with van der Waals surface area (Å²) in [5.74, 6) is -1.37. The molecule has 0 aliphatic rings. The number of hydrogen-bond acceptors (Lipinski definition) is 4. The normalized spacial score (nSPS) is 12.0. The summed E-state index contributed by atoms with van der Waals surface area (Å²) in [6.45, 7) is 5.94. The second-order valence-electron chi connectivity index (χ2n) is 6.38. The van der Waals surface area contributed by atoms with Gasteiger partial charge in [-0.15, -0.1) is 0 Å². The fourth-order valence-corrected chi connectivity index (χ4v) is 2.51. The van der Waals surface area contributed by atoms with Gasteiger partial charge in [0, 0.05) is 5.56 Å². The second kappa shape index (κ2) is 10.2. The van der Waals surface area contributed by atoms with Gasteiger partial charge in [-0.3, -0.25) is 9.59 Å². The second-order valence-corrected chi connectivity index (χ2v) is 6.38. The van der Waals surface area contributed by atoms with E-state index in [1.165, 1.54) is 24.4 Å². The van der Waals surface area contributed by atoms with E-state index in [0.29, 0.717) is 17.9 Å². The van der Waals surface area contributed by atoms with Crippen LogP contribution in [0.2, 0.25) is 0 Å². The number of para-hydroxylation sites is 1. The Morgan fingerprint density at radius 2 is 1.82 bits per heavy atom. The molecule has 0 aromatic heterocycles. The molecule has 148 valence electrons. The SMILES string of the molecule is CCOc1ccccc1C=NNC(=O)C(NC(=O)c1ccccc1F)C(C)C. The van der Waals surface area contributed by atoms with Crippen molar-refractivity contribution < 1.29 is 18.7 Å². The zero-order valence-corrected chi connectivity index (χ0v) is 16.1. The minimum atomic E-state index is -0.869. The van der Waals surface area contributed by atoms with Gasteiger partial charge in [0.2, 0.25) is 0 Å². The molecule has 0 saturated heterocycles. The molecule has 1 atom stereocenters. The van der Waals surface area contributed by atoms with Gasteiger partial charge < -0.3 is 10.1 Å². The third kappa shape index (κ3) is 5.64. The molecule has 1 unspecified atom stereocenters. The number of hydrazone groups is 1. The lowest BCUT2D eigenvalue weighted by molar-refractivity contribution is -0.123. The highest BCUT2D eigenvalue weighted by Gasteiger charge is 2.25. The van der Waals surface area contributed by atoms with E-state index < -0.39 is 23.7 Å². The van der Waals surface area contributed by atoms with Crippen LogP contribution in [0, 0.1) is 11.7 Å². The van der Waals surface area contributed by atoms with Crippen LogP contribution in [-0.4, -0.2) is 30.7 Å². The van der Waals surface area contributed by atoms with Crippen molar-refractivity contribution in [2.24, 2.45) is 11.0 Å². The van der Waals surface area contributed by atoms with Crippen LogP contribution in [0.15, 0.2) is 53.6 Å². The van der Waals surface area contributed by atoms with E-state index in [9.17, 15) is 14.0 Å². The molecular weight excluding hydrogens is 361 g/mol. The van der Waals surface area contributed by atoms with Gasteiger partial charge in [0.1, 0.15) is 17.6 Å². The monoisotopic (exact) mass is 385 g/mol. The number of carbonyl (C=O) groups excluding carboxylic acids is 2. The molecule has 0 aliphatic carbocycles. The van der Waals surface area contributed by atoms with Gasteiger partial charge in [0.05, 0.1) is 18.4 Å². The average Bonchev–Trinajstić information content (AvgIpc) is 2.67. The molecule has 2 N–H and O–H groups in total. The maximum atomic E-state index is 13.8. The van der Waals surface area contributed by atoms with Crippen molar-refractivity contribution in [1.82, 2.24) is 10.7 Å². The summed E-state index contributed by atoms with van der Waals surface area (Å²) in [7, 11) is 0. The summed E-state index contributed by atoms with van der Waals surface area (Å²) >= 11 is 0. The molecule has 0 radical (unpaired) electrons. The van der Waals surface area contributed by atoms with E-state index >= 15 is 0 Å². The first-order valence-electron chi connectivity index (χ1n) is 9.04. The van der Waals surface area contributed by atoms with Gasteiger partial charge in [-0.2, -0.15) is 5.10 Å². The third-order valence-electron chi connectivity index (χ3n) is 3.95. The smallest absolute Gasteiger partial charge is 0.262 e. The Morgan fingerprint density at radius 1 is 1.14 bits per heavy atom. The largest absolute Gasteiger partial charge is 0.493 e. The number of nitrogens with zero attached hydrogens (tertiary/aromatic N) is 1. The molecule has 6 nitrogen and oxygen atoms in total. The van der Waals surface area contributed by atoms with Crippen molar-refractivity contribution in [2.45, 2.75) is 26.8 Å². The maximum absolute atomic E-state index is 13.8. The predicted octanol–water partition coefficient (Wildman–Crippen LogP) is 3.13. The van der Waals surface area contributed by atoms with Crippen molar-refractivity contribution in [1.29, 1.82) is 0 Å². The van der Waals surface area contributed by atoms with E-state index in [-0.39, 0.29) is 11.5 Å². The Balaban J connectivity index is 2.05. The molecule has 2 aromatic rings. The highest BCUT2D eigenvalue weighted by molar-refractivity contribution is 5.98. The summed E-state index contributed by atoms with van der Waals surface area (Å²) in [5.41, 5.74) is 3.01. The number of ether oxygens (including phenoxy) is 1. The minimum Gasteiger partial charge on any atom is -0.493 e. The van der Waals surface area contributed by atoms with Crippen molar-refractivity contribution in [3.63, 3.8) is 0 Å². The Kier molecular flexibility index (Phi) is 7.68. The van der Waals surface area contributed by atoms with Gasteiger partial charge in [0.25, 0.3) is 11.8 Å². The molecule has 2 amide bonds. The first-order chi connectivity index (χ1) is 13.4. The highest BCUT2D eigenvalue weighted by Crippen LogP contribution is 2.15. The average molecular weight is 385 g/mol. The van der Waals surface area contributed by atoms with E-state index in [0.717, 1.165) is 0 Å². The van der Waals surface area contributed by atoms with Crippen LogP contribution in [0.3, 0.4) is 0 Å². The minimum absolute atomic E-state index is 0.116. The number of rotatable bonds is 8.